The van der Waals surface area contributed by atoms with E-state index in [2.05, 4.69) is 5.32 Å². The molecule has 0 unspecified atom stereocenters. The third-order valence-corrected chi connectivity index (χ3v) is 2.42. The summed E-state index contributed by atoms with van der Waals surface area (Å²) in [6.45, 7) is 2.95. The minimum Gasteiger partial charge on any atom is -0.508 e. The van der Waals surface area contributed by atoms with Gasteiger partial charge in [0.2, 0.25) is 0 Å². The Balaban J connectivity index is 2.47. The summed E-state index contributed by atoms with van der Waals surface area (Å²) in [6, 6.07) is 6.93. The molecule has 0 heterocycles. The molecule has 1 aromatic rings. The molecule has 0 bridgehead atoms. The maximum atomic E-state index is 10.8. The Labute approximate surface area is 107 Å². The van der Waals surface area contributed by atoms with Crippen molar-refractivity contribution in [3.8, 4) is 5.75 Å². The van der Waals surface area contributed by atoms with Crippen LogP contribution in [0, 0.1) is 0 Å². The molecule has 0 spiro atoms. The van der Waals surface area contributed by atoms with Crippen molar-refractivity contribution >= 4 is 6.29 Å². The van der Waals surface area contributed by atoms with Crippen LogP contribution < -0.4 is 11.1 Å². The minimum atomic E-state index is 0.246. The minimum absolute atomic E-state index is 0.246. The zero-order valence-electron chi connectivity index (χ0n) is 10.4. The lowest BCUT2D eigenvalue weighted by molar-refractivity contribution is -0.105. The number of benzene rings is 1. The van der Waals surface area contributed by atoms with Gasteiger partial charge in [-0.2, -0.15) is 0 Å². The van der Waals surface area contributed by atoms with Gasteiger partial charge in [-0.1, -0.05) is 18.2 Å². The van der Waals surface area contributed by atoms with Crippen molar-refractivity contribution in [2.45, 2.75) is 13.5 Å². The van der Waals surface area contributed by atoms with Crippen LogP contribution in [-0.2, 0) is 11.3 Å². The molecule has 4 heteroatoms. The van der Waals surface area contributed by atoms with E-state index in [1.807, 2.05) is 19.1 Å². The highest BCUT2D eigenvalue weighted by molar-refractivity contribution is 5.74. The quantitative estimate of drug-likeness (QED) is 0.403. The summed E-state index contributed by atoms with van der Waals surface area (Å²) < 4.78 is 0. The molecular weight excluding hydrogens is 228 g/mol. The second-order valence-electron chi connectivity index (χ2n) is 4.02. The van der Waals surface area contributed by atoms with Gasteiger partial charge in [-0.15, -0.1) is 0 Å². The van der Waals surface area contributed by atoms with E-state index in [-0.39, 0.29) is 5.75 Å². The third kappa shape index (κ3) is 4.84. The Bertz CT molecular complexity index is 447. The van der Waals surface area contributed by atoms with Crippen LogP contribution in [0.1, 0.15) is 12.5 Å². The number of phenolic OH excluding ortho intramolecular Hbond substituents is 1. The summed E-state index contributed by atoms with van der Waals surface area (Å²) in [5, 5.41) is 12.3. The van der Waals surface area contributed by atoms with Gasteiger partial charge in [0.15, 0.2) is 0 Å². The summed E-state index contributed by atoms with van der Waals surface area (Å²) in [5.74, 6) is 0.246. The highest BCUT2D eigenvalue weighted by atomic mass is 16.3. The molecule has 96 valence electrons. The summed E-state index contributed by atoms with van der Waals surface area (Å²) in [6.07, 6.45) is 4.02. The molecule has 1 aromatic carbocycles. The molecule has 0 aliphatic heterocycles. The highest BCUT2D eigenvalue weighted by Crippen LogP contribution is 2.09. The summed E-state index contributed by atoms with van der Waals surface area (Å²) in [5.41, 5.74) is 7.88. The fourth-order valence-corrected chi connectivity index (χ4v) is 1.43. The van der Waals surface area contributed by atoms with Crippen molar-refractivity contribution in [3.05, 3.63) is 53.3 Å². The predicted octanol–water partition coefficient (Wildman–Crippen LogP) is 1.47. The van der Waals surface area contributed by atoms with E-state index in [4.69, 9.17) is 10.8 Å². The van der Waals surface area contributed by atoms with Crippen molar-refractivity contribution in [1.29, 1.82) is 0 Å². The van der Waals surface area contributed by atoms with Gasteiger partial charge >= 0.3 is 0 Å². The maximum Gasteiger partial charge on any atom is 0.147 e. The second kappa shape index (κ2) is 7.29. The molecule has 4 nitrogen and oxygen atoms in total. The Hall–Kier alpha value is -2.07. The lowest BCUT2D eigenvalue weighted by Gasteiger charge is -2.05. The number of hydrogen-bond donors (Lipinski definition) is 3. The number of nitrogens with two attached hydrogens (primary N) is 1. The van der Waals surface area contributed by atoms with Gasteiger partial charge in [0.05, 0.1) is 0 Å². The predicted molar refractivity (Wildman–Crippen MR) is 71.9 cm³/mol. The van der Waals surface area contributed by atoms with Crippen LogP contribution in [0.4, 0.5) is 0 Å². The number of phenols is 1. The van der Waals surface area contributed by atoms with Gasteiger partial charge in [-0.25, -0.2) is 0 Å². The zero-order valence-corrected chi connectivity index (χ0v) is 10.4. The topological polar surface area (TPSA) is 75.4 Å². The van der Waals surface area contributed by atoms with Crippen molar-refractivity contribution in [3.63, 3.8) is 0 Å². The van der Waals surface area contributed by atoms with Crippen LogP contribution >= 0.6 is 0 Å². The first-order valence-electron chi connectivity index (χ1n) is 5.68. The molecule has 0 saturated heterocycles. The Morgan fingerprint density at radius 2 is 2.06 bits per heavy atom. The molecule has 0 radical (unpaired) electrons. The summed E-state index contributed by atoms with van der Waals surface area (Å²) in [4.78, 5) is 10.8. The van der Waals surface area contributed by atoms with Crippen molar-refractivity contribution in [2.24, 2.45) is 5.73 Å². The van der Waals surface area contributed by atoms with Crippen LogP contribution in [0.25, 0.3) is 0 Å². The smallest absolute Gasteiger partial charge is 0.147 e. The molecule has 0 atom stereocenters. The van der Waals surface area contributed by atoms with Crippen LogP contribution in [0.3, 0.4) is 0 Å². The lowest BCUT2D eigenvalue weighted by Crippen LogP contribution is -2.17. The average molecular weight is 246 g/mol. The first kappa shape index (κ1) is 14.0. The maximum absolute atomic E-state index is 10.8. The number of carbonyl (C=O) groups excluding carboxylic acids is 1. The van der Waals surface area contributed by atoms with E-state index in [0.717, 1.165) is 17.4 Å². The third-order valence-electron chi connectivity index (χ3n) is 2.42. The van der Waals surface area contributed by atoms with Gasteiger partial charge in [0.25, 0.3) is 0 Å². The fourth-order valence-electron chi connectivity index (χ4n) is 1.43. The van der Waals surface area contributed by atoms with E-state index in [1.165, 1.54) is 6.20 Å². The standard InChI is InChI=1S/C14H18N2O2/c1-11(7-15)6-13(10-17)9-16-8-12-2-4-14(18)5-3-12/h2-7,10,16,18H,8-9,15H2,1H3/b11-7-,13-6+. The first-order valence-corrected chi connectivity index (χ1v) is 5.68. The van der Waals surface area contributed by atoms with Crippen molar-refractivity contribution in [1.82, 2.24) is 5.32 Å². The Kier molecular flexibility index (Phi) is 5.67. The van der Waals surface area contributed by atoms with Crippen LogP contribution in [0.2, 0.25) is 0 Å². The largest absolute Gasteiger partial charge is 0.508 e. The average Bonchev–Trinajstić information content (AvgIpc) is 2.39. The van der Waals surface area contributed by atoms with Crippen molar-refractivity contribution in [2.75, 3.05) is 6.54 Å². The zero-order chi connectivity index (χ0) is 13.4. The molecule has 1 rings (SSSR count). The van der Waals surface area contributed by atoms with Crippen LogP contribution in [0.5, 0.6) is 5.75 Å². The van der Waals surface area contributed by atoms with E-state index in [0.29, 0.717) is 18.7 Å². The lowest BCUT2D eigenvalue weighted by atomic mass is 10.2. The molecule has 18 heavy (non-hydrogen) atoms. The van der Waals surface area contributed by atoms with Crippen LogP contribution in [0.15, 0.2) is 47.7 Å². The van der Waals surface area contributed by atoms with Gasteiger partial charge < -0.3 is 16.2 Å². The van der Waals surface area contributed by atoms with Crippen molar-refractivity contribution < 1.29 is 9.90 Å². The molecule has 0 aromatic heterocycles. The van der Waals surface area contributed by atoms with Gasteiger partial charge in [-0.3, -0.25) is 4.79 Å². The molecule has 0 saturated carbocycles. The summed E-state index contributed by atoms with van der Waals surface area (Å²) in [7, 11) is 0. The van der Waals surface area contributed by atoms with E-state index < -0.39 is 0 Å². The number of hydrogen-bond acceptors (Lipinski definition) is 4. The number of rotatable bonds is 6. The number of allylic oxidation sites excluding steroid dienone is 2. The molecule has 4 N–H and O–H groups in total. The highest BCUT2D eigenvalue weighted by Gasteiger charge is 1.97. The van der Waals surface area contributed by atoms with Crippen LogP contribution in [-0.4, -0.2) is 17.9 Å². The molecule has 0 aliphatic rings. The van der Waals surface area contributed by atoms with Gasteiger partial charge in [0, 0.05) is 18.7 Å². The number of aldehydes is 1. The first-order chi connectivity index (χ1) is 8.65. The number of aromatic hydroxyl groups is 1. The molecule has 0 aliphatic carbocycles. The molecule has 0 fully saturated rings. The van der Waals surface area contributed by atoms with Gasteiger partial charge in [0.1, 0.15) is 12.0 Å². The SMILES string of the molecule is CC(=C/N)/C=C(/C=O)CNCc1ccc(O)cc1. The van der Waals surface area contributed by atoms with E-state index in [9.17, 15) is 4.79 Å². The summed E-state index contributed by atoms with van der Waals surface area (Å²) >= 11 is 0. The molecular formula is C14H18N2O2. The van der Waals surface area contributed by atoms with E-state index in [1.54, 1.807) is 18.2 Å². The fraction of sp³-hybridized carbons (Fsp3) is 0.214. The number of nitrogens with one attached hydrogen (secondary N) is 1. The normalized spacial score (nSPS) is 12.5. The second-order valence-corrected chi connectivity index (χ2v) is 4.02. The Morgan fingerprint density at radius 3 is 2.61 bits per heavy atom. The number of carbonyl (C=O) groups is 1. The van der Waals surface area contributed by atoms with Gasteiger partial charge in [-0.05, 0) is 36.4 Å². The monoisotopic (exact) mass is 246 g/mol. The van der Waals surface area contributed by atoms with E-state index >= 15 is 0 Å². The Morgan fingerprint density at radius 1 is 1.39 bits per heavy atom. The molecule has 0 amide bonds.